The van der Waals surface area contributed by atoms with Gasteiger partial charge in [0.25, 0.3) is 0 Å². The molecule has 108 valence electrons. The molecule has 0 saturated heterocycles. The van der Waals surface area contributed by atoms with Crippen LogP contribution in [0.3, 0.4) is 0 Å². The van der Waals surface area contributed by atoms with E-state index in [1.54, 1.807) is 17.0 Å². The lowest BCUT2D eigenvalue weighted by Gasteiger charge is -2.23. The third-order valence-corrected chi connectivity index (χ3v) is 3.96. The maximum absolute atomic E-state index is 13.6. The van der Waals surface area contributed by atoms with Gasteiger partial charge < -0.3 is 10.2 Å². The largest absolute Gasteiger partial charge is 0.307 e. The molecule has 0 aromatic heterocycles. The SMILES string of the molecule is O=C1CNCc2ccccc2N1Cc1cccc(F)c1Cl. The average Bonchev–Trinajstić information content (AvgIpc) is 2.64. The van der Waals surface area contributed by atoms with Crippen LogP contribution in [-0.4, -0.2) is 12.5 Å². The first-order chi connectivity index (χ1) is 10.2. The number of benzene rings is 2. The van der Waals surface area contributed by atoms with Gasteiger partial charge in [-0.2, -0.15) is 0 Å². The lowest BCUT2D eigenvalue weighted by Crippen LogP contribution is -2.35. The molecule has 2 aromatic carbocycles. The minimum Gasteiger partial charge on any atom is -0.307 e. The molecule has 0 spiro atoms. The van der Waals surface area contributed by atoms with Gasteiger partial charge in [0.05, 0.1) is 18.1 Å². The van der Waals surface area contributed by atoms with E-state index in [4.69, 9.17) is 11.6 Å². The Hall–Kier alpha value is -1.91. The molecule has 0 radical (unpaired) electrons. The van der Waals surface area contributed by atoms with E-state index in [9.17, 15) is 9.18 Å². The molecule has 3 nitrogen and oxygen atoms in total. The number of para-hydroxylation sites is 1. The second-order valence-electron chi connectivity index (χ2n) is 4.93. The molecule has 1 heterocycles. The Labute approximate surface area is 127 Å². The van der Waals surface area contributed by atoms with E-state index in [-0.39, 0.29) is 24.0 Å². The number of fused-ring (bicyclic) bond motifs is 1. The van der Waals surface area contributed by atoms with E-state index in [2.05, 4.69) is 5.32 Å². The standard InChI is InChI=1S/C16H14ClFN2O/c17-16-12(5-3-6-13(16)18)10-20-14-7-2-1-4-11(14)8-19-9-15(20)21/h1-7,19H,8-10H2. The molecule has 0 fully saturated rings. The molecule has 21 heavy (non-hydrogen) atoms. The molecule has 1 N–H and O–H groups in total. The molecule has 1 amide bonds. The van der Waals surface area contributed by atoms with E-state index < -0.39 is 5.82 Å². The average molecular weight is 305 g/mol. The van der Waals surface area contributed by atoms with Crippen molar-refractivity contribution in [2.75, 3.05) is 11.4 Å². The Morgan fingerprint density at radius 2 is 1.95 bits per heavy atom. The van der Waals surface area contributed by atoms with E-state index >= 15 is 0 Å². The van der Waals surface area contributed by atoms with Gasteiger partial charge in [-0.1, -0.05) is 41.9 Å². The van der Waals surface area contributed by atoms with Gasteiger partial charge in [0.1, 0.15) is 5.82 Å². The molecule has 1 aliphatic heterocycles. The van der Waals surface area contributed by atoms with Crippen molar-refractivity contribution in [2.45, 2.75) is 13.1 Å². The lowest BCUT2D eigenvalue weighted by molar-refractivity contribution is -0.117. The Balaban J connectivity index is 2.00. The highest BCUT2D eigenvalue weighted by Gasteiger charge is 2.22. The maximum atomic E-state index is 13.6. The Bertz CT molecular complexity index is 690. The Morgan fingerprint density at radius 1 is 1.14 bits per heavy atom. The van der Waals surface area contributed by atoms with Crippen molar-refractivity contribution < 1.29 is 9.18 Å². The first kappa shape index (κ1) is 14.0. The van der Waals surface area contributed by atoms with Crippen LogP contribution in [0, 0.1) is 5.82 Å². The van der Waals surface area contributed by atoms with Crippen LogP contribution >= 0.6 is 11.6 Å². The summed E-state index contributed by atoms with van der Waals surface area (Å²) in [5, 5.41) is 3.17. The topological polar surface area (TPSA) is 32.3 Å². The van der Waals surface area contributed by atoms with Gasteiger partial charge in [-0.15, -0.1) is 0 Å². The molecule has 1 aliphatic rings. The highest BCUT2D eigenvalue weighted by atomic mass is 35.5. The van der Waals surface area contributed by atoms with Gasteiger partial charge in [0.2, 0.25) is 5.91 Å². The fraction of sp³-hybridized carbons (Fsp3) is 0.188. The first-order valence-corrected chi connectivity index (χ1v) is 7.06. The third-order valence-electron chi connectivity index (χ3n) is 3.54. The number of carbonyl (C=O) groups is 1. The highest BCUT2D eigenvalue weighted by molar-refractivity contribution is 6.31. The number of carbonyl (C=O) groups excluding carboxylic acids is 1. The van der Waals surface area contributed by atoms with Gasteiger partial charge in [-0.25, -0.2) is 4.39 Å². The van der Waals surface area contributed by atoms with Crippen LogP contribution in [0.5, 0.6) is 0 Å². The minimum atomic E-state index is -0.470. The number of halogens is 2. The van der Waals surface area contributed by atoms with Crippen molar-refractivity contribution in [1.82, 2.24) is 5.32 Å². The van der Waals surface area contributed by atoms with Crippen molar-refractivity contribution in [3.63, 3.8) is 0 Å². The van der Waals surface area contributed by atoms with Crippen molar-refractivity contribution in [1.29, 1.82) is 0 Å². The van der Waals surface area contributed by atoms with Crippen LogP contribution in [0.4, 0.5) is 10.1 Å². The zero-order chi connectivity index (χ0) is 14.8. The summed E-state index contributed by atoms with van der Waals surface area (Å²) >= 11 is 6.00. The second-order valence-corrected chi connectivity index (χ2v) is 5.30. The van der Waals surface area contributed by atoms with Gasteiger partial charge >= 0.3 is 0 Å². The smallest absolute Gasteiger partial charge is 0.241 e. The van der Waals surface area contributed by atoms with Gasteiger partial charge in [0.15, 0.2) is 0 Å². The van der Waals surface area contributed by atoms with E-state index in [1.165, 1.54) is 6.07 Å². The van der Waals surface area contributed by atoms with E-state index in [0.717, 1.165) is 11.3 Å². The van der Waals surface area contributed by atoms with Crippen molar-refractivity contribution in [3.05, 3.63) is 64.4 Å². The van der Waals surface area contributed by atoms with Gasteiger partial charge in [0, 0.05) is 12.2 Å². The van der Waals surface area contributed by atoms with Crippen LogP contribution in [0.1, 0.15) is 11.1 Å². The molecule has 0 bridgehead atoms. The molecule has 0 unspecified atom stereocenters. The van der Waals surface area contributed by atoms with Gasteiger partial charge in [-0.3, -0.25) is 4.79 Å². The summed E-state index contributed by atoms with van der Waals surface area (Å²) in [5.74, 6) is -0.525. The first-order valence-electron chi connectivity index (χ1n) is 6.68. The number of anilines is 1. The number of nitrogens with zero attached hydrogens (tertiary/aromatic N) is 1. The van der Waals surface area contributed by atoms with Crippen molar-refractivity contribution in [2.24, 2.45) is 0 Å². The predicted octanol–water partition coefficient (Wildman–Crippen LogP) is 3.12. The Kier molecular flexibility index (Phi) is 3.90. The number of hydrogen-bond acceptors (Lipinski definition) is 2. The summed E-state index contributed by atoms with van der Waals surface area (Å²) in [5.41, 5.74) is 2.48. The number of amides is 1. The van der Waals surface area contributed by atoms with E-state index in [1.807, 2.05) is 24.3 Å². The summed E-state index contributed by atoms with van der Waals surface area (Å²) in [6.45, 7) is 1.14. The monoisotopic (exact) mass is 304 g/mol. The third kappa shape index (κ3) is 2.77. The van der Waals surface area contributed by atoms with Crippen molar-refractivity contribution >= 4 is 23.2 Å². The van der Waals surface area contributed by atoms with Crippen LogP contribution < -0.4 is 10.2 Å². The molecular formula is C16H14ClFN2O. The number of rotatable bonds is 2. The summed E-state index contributed by atoms with van der Waals surface area (Å²) in [6, 6.07) is 12.3. The molecule has 5 heteroatoms. The quantitative estimate of drug-likeness (QED) is 0.924. The molecule has 0 saturated carbocycles. The molecular weight excluding hydrogens is 291 g/mol. The predicted molar refractivity (Wildman–Crippen MR) is 80.7 cm³/mol. The van der Waals surface area contributed by atoms with Crippen LogP contribution in [0.25, 0.3) is 0 Å². The molecule has 0 atom stereocenters. The normalized spacial score (nSPS) is 14.8. The molecule has 0 aliphatic carbocycles. The highest BCUT2D eigenvalue weighted by Crippen LogP contribution is 2.27. The second kappa shape index (κ2) is 5.84. The summed E-state index contributed by atoms with van der Waals surface area (Å²) in [4.78, 5) is 14.0. The molecule has 2 aromatic rings. The zero-order valence-electron chi connectivity index (χ0n) is 11.3. The van der Waals surface area contributed by atoms with Gasteiger partial charge in [-0.05, 0) is 23.3 Å². The number of hydrogen-bond donors (Lipinski definition) is 1. The Morgan fingerprint density at radius 3 is 2.81 bits per heavy atom. The fourth-order valence-electron chi connectivity index (χ4n) is 2.47. The summed E-state index contributed by atoms with van der Waals surface area (Å²) < 4.78 is 13.6. The van der Waals surface area contributed by atoms with Crippen molar-refractivity contribution in [3.8, 4) is 0 Å². The van der Waals surface area contributed by atoms with Crippen LogP contribution in [0.15, 0.2) is 42.5 Å². The maximum Gasteiger partial charge on any atom is 0.241 e. The van der Waals surface area contributed by atoms with Crippen LogP contribution in [0.2, 0.25) is 5.02 Å². The van der Waals surface area contributed by atoms with E-state index in [0.29, 0.717) is 12.1 Å². The van der Waals surface area contributed by atoms with Crippen LogP contribution in [-0.2, 0) is 17.9 Å². The molecule has 3 rings (SSSR count). The minimum absolute atomic E-state index is 0.0553. The summed E-state index contributed by atoms with van der Waals surface area (Å²) in [6.07, 6.45) is 0. The zero-order valence-corrected chi connectivity index (χ0v) is 12.0. The summed E-state index contributed by atoms with van der Waals surface area (Å²) in [7, 11) is 0. The fourth-order valence-corrected chi connectivity index (χ4v) is 2.66. The number of nitrogens with one attached hydrogen (secondary N) is 1. The lowest BCUT2D eigenvalue weighted by atomic mass is 10.1.